The van der Waals surface area contributed by atoms with E-state index in [9.17, 15) is 4.91 Å². The molecule has 6 nitrogen and oxygen atoms in total. The van der Waals surface area contributed by atoms with Crippen molar-refractivity contribution in [3.63, 3.8) is 0 Å². The lowest BCUT2D eigenvalue weighted by Gasteiger charge is -2.10. The Balaban J connectivity index is 2.04. The molecule has 0 aliphatic heterocycles. The Morgan fingerprint density at radius 2 is 2.00 bits per heavy atom. The van der Waals surface area contributed by atoms with E-state index >= 15 is 0 Å². The van der Waals surface area contributed by atoms with E-state index in [4.69, 9.17) is 16.9 Å². The molecule has 3 rings (SSSR count). The monoisotopic (exact) mass is 379 g/mol. The summed E-state index contributed by atoms with van der Waals surface area (Å²) in [7, 11) is 0. The molecule has 2 heterocycles. The van der Waals surface area contributed by atoms with E-state index in [2.05, 4.69) is 21.3 Å². The van der Waals surface area contributed by atoms with Crippen molar-refractivity contribution in [1.29, 1.82) is 5.26 Å². The lowest BCUT2D eigenvalue weighted by molar-refractivity contribution is 0.644. The van der Waals surface area contributed by atoms with E-state index < -0.39 is 0 Å². The molecule has 3 aromatic rings. The van der Waals surface area contributed by atoms with Crippen LogP contribution in [-0.2, 0) is 6.54 Å². The third-order valence-corrected chi connectivity index (χ3v) is 5.04. The van der Waals surface area contributed by atoms with E-state index in [1.54, 1.807) is 18.3 Å². The summed E-state index contributed by atoms with van der Waals surface area (Å²) in [6.45, 7) is 8.00. The first-order chi connectivity index (χ1) is 12.9. The van der Waals surface area contributed by atoms with E-state index in [1.807, 2.05) is 38.4 Å². The highest BCUT2D eigenvalue weighted by molar-refractivity contribution is 6.32. The van der Waals surface area contributed by atoms with Gasteiger partial charge in [0.15, 0.2) is 0 Å². The lowest BCUT2D eigenvalue weighted by atomic mass is 10.0. The average Bonchev–Trinajstić information content (AvgIpc) is 2.91. The zero-order chi connectivity index (χ0) is 19.7. The Labute approximate surface area is 162 Å². The van der Waals surface area contributed by atoms with Gasteiger partial charge < -0.3 is 0 Å². The molecule has 27 heavy (non-hydrogen) atoms. The molecule has 0 saturated heterocycles. The molecule has 0 saturated carbocycles. The molecule has 2 aromatic heterocycles. The highest BCUT2D eigenvalue weighted by Crippen LogP contribution is 2.31. The van der Waals surface area contributed by atoms with E-state index in [1.165, 1.54) is 0 Å². The van der Waals surface area contributed by atoms with E-state index in [0.717, 1.165) is 39.3 Å². The zero-order valence-corrected chi connectivity index (χ0v) is 16.3. The summed E-state index contributed by atoms with van der Waals surface area (Å²) in [5.41, 5.74) is 6.83. The average molecular weight is 380 g/mol. The summed E-state index contributed by atoms with van der Waals surface area (Å²) < 4.78 is 1.86. The SMILES string of the molecule is Cc1cnc(Cn2nc(C)c(-c3ccc(C#N)c(Cl)c3)c2C)c(C)c1N=O. The van der Waals surface area contributed by atoms with Crippen molar-refractivity contribution < 1.29 is 0 Å². The Bertz CT molecular complexity index is 1090. The van der Waals surface area contributed by atoms with Gasteiger partial charge in [0.2, 0.25) is 0 Å². The van der Waals surface area contributed by atoms with Crippen molar-refractivity contribution in [2.75, 3.05) is 0 Å². The van der Waals surface area contributed by atoms with Gasteiger partial charge in [0, 0.05) is 23.0 Å². The van der Waals surface area contributed by atoms with Gasteiger partial charge in [-0.25, -0.2) is 0 Å². The molecular weight excluding hydrogens is 362 g/mol. The van der Waals surface area contributed by atoms with Crippen molar-refractivity contribution >= 4 is 17.3 Å². The summed E-state index contributed by atoms with van der Waals surface area (Å²) in [4.78, 5) is 15.6. The quantitative estimate of drug-likeness (QED) is 0.586. The fraction of sp³-hybridized carbons (Fsp3) is 0.250. The predicted octanol–water partition coefficient (Wildman–Crippen LogP) is 5.15. The minimum absolute atomic E-state index is 0.416. The molecular formula is C20H18ClN5O. The number of nitroso groups, excluding NO2 is 1. The lowest BCUT2D eigenvalue weighted by Crippen LogP contribution is -2.08. The van der Waals surface area contributed by atoms with Crippen molar-refractivity contribution in [2.45, 2.75) is 34.2 Å². The first-order valence-corrected chi connectivity index (χ1v) is 8.77. The standard InChI is InChI=1S/C20H18ClN5O/c1-11-9-23-18(12(2)20(11)25-27)10-26-14(4)19(13(3)24-26)15-5-6-16(8-22)17(21)7-15/h5-7,9H,10H2,1-4H3. The van der Waals surface area contributed by atoms with Crippen LogP contribution >= 0.6 is 11.6 Å². The molecule has 0 aliphatic rings. The normalized spacial score (nSPS) is 10.7. The number of nitriles is 1. The van der Waals surface area contributed by atoms with Crippen LogP contribution in [0, 0.1) is 43.9 Å². The zero-order valence-electron chi connectivity index (χ0n) is 15.5. The van der Waals surface area contributed by atoms with E-state index in [-0.39, 0.29) is 0 Å². The maximum absolute atomic E-state index is 11.1. The molecule has 0 N–H and O–H groups in total. The summed E-state index contributed by atoms with van der Waals surface area (Å²) in [5, 5.41) is 17.2. The number of pyridine rings is 1. The molecule has 0 radical (unpaired) electrons. The van der Waals surface area contributed by atoms with Crippen molar-refractivity contribution in [2.24, 2.45) is 5.18 Å². The van der Waals surface area contributed by atoms with Gasteiger partial charge in [-0.1, -0.05) is 17.7 Å². The second-order valence-electron chi connectivity index (χ2n) is 6.46. The number of halogens is 1. The highest BCUT2D eigenvalue weighted by Gasteiger charge is 2.17. The van der Waals surface area contributed by atoms with Gasteiger partial charge in [0.25, 0.3) is 0 Å². The van der Waals surface area contributed by atoms with Gasteiger partial charge in [-0.3, -0.25) is 9.67 Å². The highest BCUT2D eigenvalue weighted by atomic mass is 35.5. The molecule has 0 bridgehead atoms. The van der Waals surface area contributed by atoms with Crippen LogP contribution in [0.1, 0.15) is 33.8 Å². The van der Waals surface area contributed by atoms with Crippen LogP contribution in [-0.4, -0.2) is 14.8 Å². The molecule has 0 fully saturated rings. The summed E-state index contributed by atoms with van der Waals surface area (Å²) >= 11 is 6.19. The minimum Gasteiger partial charge on any atom is -0.263 e. The molecule has 0 aliphatic carbocycles. The fourth-order valence-corrected chi connectivity index (χ4v) is 3.46. The van der Waals surface area contributed by atoms with Crippen molar-refractivity contribution in [3.05, 3.63) is 68.1 Å². The largest absolute Gasteiger partial charge is 0.263 e. The number of hydrogen-bond donors (Lipinski definition) is 0. The third kappa shape index (κ3) is 3.34. The maximum Gasteiger partial charge on any atom is 0.117 e. The minimum atomic E-state index is 0.416. The molecule has 0 amide bonds. The number of benzene rings is 1. The van der Waals surface area contributed by atoms with Crippen LogP contribution in [0.2, 0.25) is 5.02 Å². The molecule has 0 atom stereocenters. The van der Waals surface area contributed by atoms with Gasteiger partial charge in [-0.05, 0) is 56.1 Å². The Hall–Kier alpha value is -3.04. The molecule has 0 spiro atoms. The smallest absolute Gasteiger partial charge is 0.117 e. The Morgan fingerprint density at radius 3 is 2.63 bits per heavy atom. The second-order valence-corrected chi connectivity index (χ2v) is 6.87. The number of aryl methyl sites for hydroxylation is 2. The second kappa shape index (κ2) is 7.29. The molecule has 1 aromatic carbocycles. The van der Waals surface area contributed by atoms with Gasteiger partial charge in [-0.15, -0.1) is 4.91 Å². The first-order valence-electron chi connectivity index (χ1n) is 8.39. The Morgan fingerprint density at radius 1 is 1.26 bits per heavy atom. The number of nitrogens with zero attached hydrogens (tertiary/aromatic N) is 5. The number of aromatic nitrogens is 3. The number of rotatable bonds is 4. The van der Waals surface area contributed by atoms with Crippen LogP contribution in [0.5, 0.6) is 0 Å². The van der Waals surface area contributed by atoms with Crippen LogP contribution in [0.25, 0.3) is 11.1 Å². The summed E-state index contributed by atoms with van der Waals surface area (Å²) in [6.07, 6.45) is 1.66. The van der Waals surface area contributed by atoms with Gasteiger partial charge in [0.1, 0.15) is 11.8 Å². The number of hydrogen-bond acceptors (Lipinski definition) is 5. The van der Waals surface area contributed by atoms with Crippen LogP contribution < -0.4 is 0 Å². The third-order valence-electron chi connectivity index (χ3n) is 4.73. The fourth-order valence-electron chi connectivity index (χ4n) is 3.24. The summed E-state index contributed by atoms with van der Waals surface area (Å²) in [6, 6.07) is 7.43. The van der Waals surface area contributed by atoms with Crippen LogP contribution in [0.3, 0.4) is 0 Å². The maximum atomic E-state index is 11.1. The molecule has 136 valence electrons. The molecule has 7 heteroatoms. The van der Waals surface area contributed by atoms with Gasteiger partial charge in [-0.2, -0.15) is 10.4 Å². The van der Waals surface area contributed by atoms with Gasteiger partial charge >= 0.3 is 0 Å². The van der Waals surface area contributed by atoms with Crippen molar-refractivity contribution in [1.82, 2.24) is 14.8 Å². The van der Waals surface area contributed by atoms with Gasteiger partial charge in [0.05, 0.1) is 28.5 Å². The van der Waals surface area contributed by atoms with Crippen molar-refractivity contribution in [3.8, 4) is 17.2 Å². The Kier molecular flexibility index (Phi) is 5.06. The first kappa shape index (κ1) is 18.7. The predicted molar refractivity (Wildman–Crippen MR) is 105 cm³/mol. The molecule has 0 unspecified atom stereocenters. The van der Waals surface area contributed by atoms with Crippen LogP contribution in [0.4, 0.5) is 5.69 Å². The topological polar surface area (TPSA) is 83.9 Å². The summed E-state index contributed by atoms with van der Waals surface area (Å²) in [5.74, 6) is 0. The van der Waals surface area contributed by atoms with E-state index in [0.29, 0.717) is 22.8 Å². The van der Waals surface area contributed by atoms with Crippen LogP contribution in [0.15, 0.2) is 29.6 Å².